The Morgan fingerprint density at radius 2 is 1.79 bits per heavy atom. The van der Waals surface area contributed by atoms with Crippen molar-refractivity contribution in [1.29, 1.82) is 0 Å². The van der Waals surface area contributed by atoms with Crippen molar-refractivity contribution in [2.24, 2.45) is 34.5 Å². The number of aliphatic hydroxyl groups excluding tert-OH is 1. The van der Waals surface area contributed by atoms with Gasteiger partial charge in [-0.3, -0.25) is 9.59 Å². The Morgan fingerprint density at radius 1 is 1.18 bits per heavy atom. The van der Waals surface area contributed by atoms with Gasteiger partial charge in [0.05, 0.1) is 6.10 Å². The van der Waals surface area contributed by atoms with Gasteiger partial charge in [0.25, 0.3) is 0 Å². The zero-order valence-electron chi connectivity index (χ0n) is 21.7. The van der Waals surface area contributed by atoms with E-state index in [1.165, 1.54) is 12.1 Å². The number of hydrogen-bond acceptors (Lipinski definition) is 3. The van der Waals surface area contributed by atoms with Crippen LogP contribution in [0.25, 0.3) is 0 Å². The third kappa shape index (κ3) is 6.18. The highest BCUT2D eigenvalue weighted by Crippen LogP contribution is 2.55. The average molecular weight is 475 g/mol. The van der Waals surface area contributed by atoms with Gasteiger partial charge in [-0.1, -0.05) is 53.7 Å². The lowest BCUT2D eigenvalue weighted by atomic mass is 9.51. The standard InChI is InChI=1S/C28H43FN2O3/c1-17(26(34)30-16-19-7-9-20(29)10-8-19)21-11-13-28(6)14-12-22(18(2)24(28)25(21)33)31-23(32)15-27(3,4)5/h7-10,17-18,21-22,24-25,33H,11-16H2,1-6H3,(H,30,34)(H,31,32). The van der Waals surface area contributed by atoms with Crippen LogP contribution in [0.15, 0.2) is 24.3 Å². The Balaban J connectivity index is 1.65. The number of carbonyl (C=O) groups excluding carboxylic acids is 2. The van der Waals surface area contributed by atoms with Gasteiger partial charge in [-0.2, -0.15) is 0 Å². The SMILES string of the molecule is CC(C(=O)NCc1ccc(F)cc1)C1CCC2(C)CCC(NC(=O)CC(C)(C)C)C(C)C2C1O. The van der Waals surface area contributed by atoms with E-state index < -0.39 is 6.10 Å². The zero-order chi connectivity index (χ0) is 25.3. The highest BCUT2D eigenvalue weighted by Gasteiger charge is 2.53. The molecule has 0 aromatic heterocycles. The van der Waals surface area contributed by atoms with Gasteiger partial charge in [0.1, 0.15) is 5.82 Å². The molecule has 2 amide bonds. The minimum absolute atomic E-state index is 0.0187. The molecule has 0 bridgehead atoms. The van der Waals surface area contributed by atoms with E-state index in [1.807, 2.05) is 6.92 Å². The van der Waals surface area contributed by atoms with Crippen LogP contribution < -0.4 is 10.6 Å². The van der Waals surface area contributed by atoms with Gasteiger partial charge >= 0.3 is 0 Å². The largest absolute Gasteiger partial charge is 0.392 e. The lowest BCUT2D eigenvalue weighted by molar-refractivity contribution is -0.144. The van der Waals surface area contributed by atoms with E-state index in [1.54, 1.807) is 12.1 Å². The van der Waals surface area contributed by atoms with E-state index in [-0.39, 0.29) is 58.2 Å². The number of nitrogens with one attached hydrogen (secondary N) is 2. The second-order valence-electron chi connectivity index (χ2n) is 12.3. The van der Waals surface area contributed by atoms with Gasteiger partial charge in [0.15, 0.2) is 0 Å². The van der Waals surface area contributed by atoms with Crippen molar-refractivity contribution in [3.05, 3.63) is 35.6 Å². The smallest absolute Gasteiger partial charge is 0.223 e. The lowest BCUT2D eigenvalue weighted by Crippen LogP contribution is -2.58. The molecule has 0 aliphatic heterocycles. The molecule has 3 N–H and O–H groups in total. The first-order chi connectivity index (χ1) is 15.8. The van der Waals surface area contributed by atoms with E-state index in [4.69, 9.17) is 0 Å². The topological polar surface area (TPSA) is 78.4 Å². The fourth-order valence-electron chi connectivity index (χ4n) is 6.38. The molecular formula is C28H43FN2O3. The molecule has 190 valence electrons. The molecule has 0 heterocycles. The molecule has 5 nitrogen and oxygen atoms in total. The summed E-state index contributed by atoms with van der Waals surface area (Å²) in [5, 5.41) is 17.7. The maximum absolute atomic E-state index is 13.1. The van der Waals surface area contributed by atoms with Crippen LogP contribution in [0.4, 0.5) is 4.39 Å². The fourth-order valence-corrected chi connectivity index (χ4v) is 6.38. The molecule has 3 rings (SSSR count). The summed E-state index contributed by atoms with van der Waals surface area (Å²) < 4.78 is 13.1. The predicted octanol–water partition coefficient (Wildman–Crippen LogP) is 4.82. The first kappa shape index (κ1) is 26.7. The number of halogens is 1. The number of aliphatic hydroxyl groups is 1. The second kappa shape index (κ2) is 10.3. The molecule has 2 aliphatic rings. The van der Waals surface area contributed by atoms with E-state index in [2.05, 4.69) is 45.3 Å². The molecule has 2 saturated carbocycles. The summed E-state index contributed by atoms with van der Waals surface area (Å²) in [4.78, 5) is 25.6. The highest BCUT2D eigenvalue weighted by molar-refractivity contribution is 5.78. The normalized spacial score (nSPS) is 32.4. The third-order valence-corrected chi connectivity index (χ3v) is 8.36. The number of benzene rings is 1. The monoisotopic (exact) mass is 474 g/mol. The van der Waals surface area contributed by atoms with Crippen molar-refractivity contribution in [3.63, 3.8) is 0 Å². The molecule has 1 aromatic rings. The van der Waals surface area contributed by atoms with Gasteiger partial charge in [0.2, 0.25) is 11.8 Å². The summed E-state index contributed by atoms with van der Waals surface area (Å²) in [6.45, 7) is 12.8. The van der Waals surface area contributed by atoms with Crippen molar-refractivity contribution in [1.82, 2.24) is 10.6 Å². The number of hydrogen-bond donors (Lipinski definition) is 3. The number of fused-ring (bicyclic) bond motifs is 1. The minimum atomic E-state index is -0.595. The predicted molar refractivity (Wildman–Crippen MR) is 132 cm³/mol. The van der Waals surface area contributed by atoms with Crippen molar-refractivity contribution < 1.29 is 19.1 Å². The molecule has 6 heteroatoms. The molecule has 0 saturated heterocycles. The summed E-state index contributed by atoms with van der Waals surface area (Å²) in [5.41, 5.74) is 0.793. The molecular weight excluding hydrogens is 431 g/mol. The van der Waals surface area contributed by atoms with Gasteiger partial charge in [0, 0.05) is 24.9 Å². The van der Waals surface area contributed by atoms with Gasteiger partial charge < -0.3 is 15.7 Å². The Labute approximate surface area is 204 Å². The van der Waals surface area contributed by atoms with Crippen LogP contribution in [0.5, 0.6) is 0 Å². The number of carbonyl (C=O) groups is 2. The fraction of sp³-hybridized carbons (Fsp3) is 0.714. The highest BCUT2D eigenvalue weighted by atomic mass is 19.1. The van der Waals surface area contributed by atoms with Crippen LogP contribution in [0, 0.1) is 40.3 Å². The lowest BCUT2D eigenvalue weighted by Gasteiger charge is -2.56. The quantitative estimate of drug-likeness (QED) is 0.553. The van der Waals surface area contributed by atoms with Crippen LogP contribution in [0.2, 0.25) is 0 Å². The summed E-state index contributed by atoms with van der Waals surface area (Å²) in [5.74, 6) is -0.604. The first-order valence-corrected chi connectivity index (χ1v) is 12.8. The average Bonchev–Trinajstić information content (AvgIpc) is 2.73. The number of amides is 2. The Hall–Kier alpha value is -1.95. The molecule has 7 unspecified atom stereocenters. The first-order valence-electron chi connectivity index (χ1n) is 12.8. The summed E-state index contributed by atoms with van der Waals surface area (Å²) in [7, 11) is 0. The van der Waals surface area contributed by atoms with Crippen molar-refractivity contribution in [2.45, 2.75) is 92.3 Å². The van der Waals surface area contributed by atoms with Crippen molar-refractivity contribution >= 4 is 11.8 Å². The molecule has 7 atom stereocenters. The van der Waals surface area contributed by atoms with Crippen LogP contribution in [0.1, 0.15) is 79.2 Å². The van der Waals surface area contributed by atoms with E-state index in [0.29, 0.717) is 13.0 Å². The van der Waals surface area contributed by atoms with Gasteiger partial charge in [-0.05, 0) is 72.0 Å². The maximum Gasteiger partial charge on any atom is 0.223 e. The van der Waals surface area contributed by atoms with Gasteiger partial charge in [-0.15, -0.1) is 0 Å². The minimum Gasteiger partial charge on any atom is -0.392 e. The Bertz CT molecular complexity index is 865. The van der Waals surface area contributed by atoms with Crippen molar-refractivity contribution in [3.8, 4) is 0 Å². The second-order valence-corrected chi connectivity index (χ2v) is 12.3. The van der Waals surface area contributed by atoms with E-state index in [9.17, 15) is 19.1 Å². The molecule has 2 aliphatic carbocycles. The van der Waals surface area contributed by atoms with Crippen LogP contribution in [-0.4, -0.2) is 29.1 Å². The molecule has 1 aromatic carbocycles. The summed E-state index contributed by atoms with van der Waals surface area (Å²) in [6, 6.07) is 6.15. The zero-order valence-corrected chi connectivity index (χ0v) is 21.7. The van der Waals surface area contributed by atoms with Crippen molar-refractivity contribution in [2.75, 3.05) is 0 Å². The van der Waals surface area contributed by atoms with E-state index in [0.717, 1.165) is 31.2 Å². The Morgan fingerprint density at radius 3 is 2.41 bits per heavy atom. The molecule has 2 fully saturated rings. The maximum atomic E-state index is 13.1. The number of rotatable bonds is 6. The summed E-state index contributed by atoms with van der Waals surface area (Å²) >= 11 is 0. The molecule has 0 spiro atoms. The molecule has 34 heavy (non-hydrogen) atoms. The van der Waals surface area contributed by atoms with Crippen LogP contribution >= 0.6 is 0 Å². The summed E-state index contributed by atoms with van der Waals surface area (Å²) in [6.07, 6.45) is 3.57. The van der Waals surface area contributed by atoms with E-state index >= 15 is 0 Å². The third-order valence-electron chi connectivity index (χ3n) is 8.36. The molecule has 0 radical (unpaired) electrons. The van der Waals surface area contributed by atoms with Gasteiger partial charge in [-0.25, -0.2) is 4.39 Å². The van der Waals surface area contributed by atoms with Crippen LogP contribution in [-0.2, 0) is 16.1 Å². The van der Waals surface area contributed by atoms with Crippen LogP contribution in [0.3, 0.4) is 0 Å². The Kier molecular flexibility index (Phi) is 8.11.